The first-order chi connectivity index (χ1) is 10.1. The van der Waals surface area contributed by atoms with Crippen molar-refractivity contribution in [2.75, 3.05) is 12.4 Å². The number of carbonyl (C=O) groups excluding carboxylic acids is 2. The van der Waals surface area contributed by atoms with Crippen LogP contribution in [0.25, 0.3) is 0 Å². The molecule has 0 radical (unpaired) electrons. The van der Waals surface area contributed by atoms with Gasteiger partial charge >= 0.3 is 0 Å². The fourth-order valence-corrected chi connectivity index (χ4v) is 3.44. The Balaban J connectivity index is 1.72. The van der Waals surface area contributed by atoms with E-state index in [2.05, 4.69) is 17.7 Å². The van der Waals surface area contributed by atoms with Crippen molar-refractivity contribution < 1.29 is 14.4 Å². The molecule has 6 heteroatoms. The van der Waals surface area contributed by atoms with Crippen molar-refractivity contribution >= 4 is 23.3 Å². The molecule has 0 bridgehead atoms. The van der Waals surface area contributed by atoms with Crippen molar-refractivity contribution in [1.29, 1.82) is 0 Å². The third kappa shape index (κ3) is 4.66. The van der Waals surface area contributed by atoms with E-state index in [0.717, 1.165) is 12.8 Å². The molecule has 2 fully saturated rings. The number of carbonyl (C=O) groups is 2. The normalized spacial score (nSPS) is 32.6. The van der Waals surface area contributed by atoms with Crippen LogP contribution in [-0.2, 0) is 14.4 Å². The molecule has 1 saturated heterocycles. The number of ketones is 1. The van der Waals surface area contributed by atoms with Crippen LogP contribution in [-0.4, -0.2) is 36.3 Å². The number of rotatable bonds is 6. The van der Waals surface area contributed by atoms with Gasteiger partial charge in [0.15, 0.2) is 0 Å². The molecule has 120 valence electrons. The monoisotopic (exact) mass is 316 g/mol. The van der Waals surface area contributed by atoms with Crippen LogP contribution < -0.4 is 10.8 Å². The minimum Gasteiger partial charge on any atom is -0.356 e. The van der Waals surface area contributed by atoms with E-state index in [1.54, 1.807) is 0 Å². The number of nitrogens with one attached hydrogen (secondary N) is 2. The Labute approximate surface area is 131 Å². The van der Waals surface area contributed by atoms with E-state index in [1.165, 1.54) is 0 Å². The fourth-order valence-electron chi connectivity index (χ4n) is 3.31. The largest absolute Gasteiger partial charge is 0.356 e. The van der Waals surface area contributed by atoms with Gasteiger partial charge in [-0.05, 0) is 31.1 Å². The first-order valence-electron chi connectivity index (χ1n) is 7.87. The van der Waals surface area contributed by atoms with Gasteiger partial charge in [-0.1, -0.05) is 6.92 Å². The van der Waals surface area contributed by atoms with Gasteiger partial charge in [0.25, 0.3) is 0 Å². The number of amides is 1. The van der Waals surface area contributed by atoms with Crippen LogP contribution in [0.5, 0.6) is 0 Å². The highest BCUT2D eigenvalue weighted by Crippen LogP contribution is 2.35. The predicted molar refractivity (Wildman–Crippen MR) is 80.9 cm³/mol. The zero-order chi connectivity index (χ0) is 15.2. The molecule has 0 spiro atoms. The molecular weight excluding hydrogens is 292 g/mol. The molecule has 5 nitrogen and oxygen atoms in total. The van der Waals surface area contributed by atoms with E-state index in [4.69, 9.17) is 16.4 Å². The number of fused-ring (bicyclic) bond motifs is 1. The van der Waals surface area contributed by atoms with E-state index in [-0.39, 0.29) is 18.1 Å². The lowest BCUT2D eigenvalue weighted by Gasteiger charge is -2.43. The van der Waals surface area contributed by atoms with Gasteiger partial charge in [-0.15, -0.1) is 11.6 Å². The molecule has 1 saturated carbocycles. The average molecular weight is 317 g/mol. The fraction of sp³-hybridized carbons (Fsp3) is 0.867. The van der Waals surface area contributed by atoms with Gasteiger partial charge < -0.3 is 5.32 Å². The van der Waals surface area contributed by atoms with Crippen molar-refractivity contribution in [1.82, 2.24) is 10.8 Å². The number of halogens is 1. The van der Waals surface area contributed by atoms with Gasteiger partial charge in [-0.25, -0.2) is 0 Å². The Bertz CT molecular complexity index is 378. The van der Waals surface area contributed by atoms with Gasteiger partial charge in [0, 0.05) is 37.7 Å². The third-order valence-electron chi connectivity index (χ3n) is 4.66. The topological polar surface area (TPSA) is 67.4 Å². The third-order valence-corrected chi connectivity index (χ3v) is 4.93. The maximum absolute atomic E-state index is 11.5. The maximum atomic E-state index is 11.5. The van der Waals surface area contributed by atoms with E-state index in [9.17, 15) is 9.59 Å². The summed E-state index contributed by atoms with van der Waals surface area (Å²) in [5.74, 6) is 1.78. The maximum Gasteiger partial charge on any atom is 0.220 e. The second kappa shape index (κ2) is 8.11. The van der Waals surface area contributed by atoms with Gasteiger partial charge in [-0.3, -0.25) is 14.4 Å². The number of hydrogen-bond donors (Lipinski definition) is 2. The Hall–Kier alpha value is -0.650. The molecule has 0 aromatic heterocycles. The first-order valence-corrected chi connectivity index (χ1v) is 8.40. The Morgan fingerprint density at radius 3 is 3.10 bits per heavy atom. The minimum atomic E-state index is 0.0239. The van der Waals surface area contributed by atoms with Gasteiger partial charge in [0.1, 0.15) is 5.78 Å². The van der Waals surface area contributed by atoms with E-state index < -0.39 is 0 Å². The molecule has 1 aliphatic heterocycles. The van der Waals surface area contributed by atoms with E-state index in [0.29, 0.717) is 55.7 Å². The quantitative estimate of drug-likeness (QED) is 0.733. The Morgan fingerprint density at radius 2 is 2.33 bits per heavy atom. The lowest BCUT2D eigenvalue weighted by molar-refractivity contribution is -0.160. The smallest absolute Gasteiger partial charge is 0.220 e. The van der Waals surface area contributed by atoms with Crippen LogP contribution in [0, 0.1) is 11.8 Å². The SMILES string of the molecule is CC1C(CCNC(=O)CCCCl)NOC2CC(=O)CCC21. The second-order valence-electron chi connectivity index (χ2n) is 6.12. The summed E-state index contributed by atoms with van der Waals surface area (Å²) in [6, 6.07) is 0.229. The molecule has 0 aromatic carbocycles. The van der Waals surface area contributed by atoms with Crippen LogP contribution in [0.4, 0.5) is 0 Å². The highest BCUT2D eigenvalue weighted by molar-refractivity contribution is 6.17. The summed E-state index contributed by atoms with van der Waals surface area (Å²) < 4.78 is 0. The summed E-state index contributed by atoms with van der Waals surface area (Å²) in [6.45, 7) is 2.85. The second-order valence-corrected chi connectivity index (χ2v) is 6.49. The Kier molecular flexibility index (Phi) is 6.45. The summed E-state index contributed by atoms with van der Waals surface area (Å²) in [7, 11) is 0. The molecule has 1 heterocycles. The molecule has 1 amide bonds. The molecule has 4 atom stereocenters. The van der Waals surface area contributed by atoms with Crippen molar-refractivity contribution in [2.45, 2.75) is 57.6 Å². The average Bonchev–Trinajstić information content (AvgIpc) is 2.47. The number of alkyl halides is 1. The van der Waals surface area contributed by atoms with Crippen molar-refractivity contribution in [3.63, 3.8) is 0 Å². The molecule has 2 rings (SSSR count). The number of hydrogen-bond acceptors (Lipinski definition) is 4. The molecule has 21 heavy (non-hydrogen) atoms. The number of hydroxylamine groups is 1. The highest BCUT2D eigenvalue weighted by atomic mass is 35.5. The van der Waals surface area contributed by atoms with Crippen LogP contribution in [0.1, 0.15) is 45.4 Å². The first kappa shape index (κ1) is 16.7. The lowest BCUT2D eigenvalue weighted by atomic mass is 9.74. The molecular formula is C15H25ClN2O3. The van der Waals surface area contributed by atoms with Crippen LogP contribution in [0.2, 0.25) is 0 Å². The summed E-state index contributed by atoms with van der Waals surface area (Å²) in [6.07, 6.45) is 4.19. The van der Waals surface area contributed by atoms with E-state index in [1.807, 2.05) is 0 Å². The predicted octanol–water partition coefficient (Wildman–Crippen LogP) is 1.79. The zero-order valence-corrected chi connectivity index (χ0v) is 13.3. The van der Waals surface area contributed by atoms with E-state index >= 15 is 0 Å². The molecule has 4 unspecified atom stereocenters. The van der Waals surface area contributed by atoms with Crippen LogP contribution in [0.3, 0.4) is 0 Å². The van der Waals surface area contributed by atoms with Crippen LogP contribution >= 0.6 is 11.6 Å². The summed E-state index contributed by atoms with van der Waals surface area (Å²) in [5.41, 5.74) is 3.08. The zero-order valence-electron chi connectivity index (χ0n) is 12.6. The van der Waals surface area contributed by atoms with Crippen molar-refractivity contribution in [3.05, 3.63) is 0 Å². The summed E-state index contributed by atoms with van der Waals surface area (Å²) in [5, 5.41) is 2.92. The van der Waals surface area contributed by atoms with Gasteiger partial charge in [0.05, 0.1) is 6.10 Å². The van der Waals surface area contributed by atoms with Crippen molar-refractivity contribution in [3.8, 4) is 0 Å². The Morgan fingerprint density at radius 1 is 1.52 bits per heavy atom. The molecule has 0 aromatic rings. The summed E-state index contributed by atoms with van der Waals surface area (Å²) >= 11 is 5.57. The van der Waals surface area contributed by atoms with Gasteiger partial charge in [-0.2, -0.15) is 5.48 Å². The van der Waals surface area contributed by atoms with Gasteiger partial charge in [0.2, 0.25) is 5.91 Å². The number of Topliss-reactive ketones (excluding diaryl/α,β-unsaturated/α-hetero) is 1. The highest BCUT2D eigenvalue weighted by Gasteiger charge is 2.40. The minimum absolute atomic E-state index is 0.0239. The summed E-state index contributed by atoms with van der Waals surface area (Å²) in [4.78, 5) is 28.7. The molecule has 2 aliphatic rings. The van der Waals surface area contributed by atoms with Crippen LogP contribution in [0.15, 0.2) is 0 Å². The van der Waals surface area contributed by atoms with Crippen molar-refractivity contribution in [2.24, 2.45) is 11.8 Å². The molecule has 1 aliphatic carbocycles. The lowest BCUT2D eigenvalue weighted by Crippen LogP contribution is -2.53. The standard InChI is InChI=1S/C15H25ClN2O3/c1-10-12-5-4-11(19)9-14(12)21-18-13(10)6-8-17-15(20)3-2-7-16/h10,12-14,18H,2-9H2,1H3,(H,17,20). The molecule has 2 N–H and O–H groups in total.